The fourth-order valence-electron chi connectivity index (χ4n) is 2.23. The Hall–Kier alpha value is -3.01. The Morgan fingerprint density at radius 2 is 2.12 bits per heavy atom. The van der Waals surface area contributed by atoms with Crippen molar-refractivity contribution in [3.63, 3.8) is 0 Å². The highest BCUT2D eigenvalue weighted by Gasteiger charge is 2.11. The number of fused-ring (bicyclic) bond motifs is 1. The SMILES string of the molecule is CCOC(=O)CCNC(=O)NCc1nnc2ccc(-c3cccs3)nn12. The lowest BCUT2D eigenvalue weighted by Gasteiger charge is -2.06. The molecule has 0 radical (unpaired) electrons. The van der Waals surface area contributed by atoms with Gasteiger partial charge in [-0.05, 0) is 30.5 Å². The summed E-state index contributed by atoms with van der Waals surface area (Å²) in [6.07, 6.45) is 0.126. The molecule has 3 rings (SSSR count). The Kier molecular flexibility index (Phi) is 5.74. The summed E-state index contributed by atoms with van der Waals surface area (Å²) < 4.78 is 6.40. The van der Waals surface area contributed by atoms with Crippen molar-refractivity contribution < 1.29 is 14.3 Å². The van der Waals surface area contributed by atoms with E-state index in [1.54, 1.807) is 22.8 Å². The zero-order valence-corrected chi connectivity index (χ0v) is 15.0. The highest BCUT2D eigenvalue weighted by molar-refractivity contribution is 7.13. The van der Waals surface area contributed by atoms with Crippen LogP contribution in [0.25, 0.3) is 16.2 Å². The highest BCUT2D eigenvalue weighted by Crippen LogP contribution is 2.22. The molecule has 0 fully saturated rings. The smallest absolute Gasteiger partial charge is 0.315 e. The van der Waals surface area contributed by atoms with Crippen LogP contribution in [0, 0.1) is 0 Å². The van der Waals surface area contributed by atoms with Crippen molar-refractivity contribution in [2.24, 2.45) is 0 Å². The molecule has 0 atom stereocenters. The van der Waals surface area contributed by atoms with Crippen molar-refractivity contribution in [3.8, 4) is 10.6 Å². The number of hydrogen-bond acceptors (Lipinski definition) is 7. The molecule has 10 heteroatoms. The number of aromatic nitrogens is 4. The van der Waals surface area contributed by atoms with Crippen LogP contribution < -0.4 is 10.6 Å². The molecule has 0 saturated carbocycles. The first kappa shape index (κ1) is 17.8. The molecule has 2 N–H and O–H groups in total. The van der Waals surface area contributed by atoms with E-state index in [1.807, 2.05) is 29.6 Å². The minimum atomic E-state index is -0.402. The van der Waals surface area contributed by atoms with E-state index in [0.717, 1.165) is 10.6 Å². The van der Waals surface area contributed by atoms with Gasteiger partial charge in [0.05, 0.1) is 24.4 Å². The first-order valence-electron chi connectivity index (χ1n) is 8.10. The molecule has 3 heterocycles. The predicted octanol–water partition coefficient (Wildman–Crippen LogP) is 1.61. The van der Waals surface area contributed by atoms with Gasteiger partial charge in [-0.15, -0.1) is 21.5 Å². The van der Waals surface area contributed by atoms with Gasteiger partial charge in [-0.25, -0.2) is 4.79 Å². The van der Waals surface area contributed by atoms with Gasteiger partial charge in [0.25, 0.3) is 0 Å². The molecule has 0 unspecified atom stereocenters. The predicted molar refractivity (Wildman–Crippen MR) is 95.6 cm³/mol. The standard InChI is InChI=1S/C16H18N6O3S/c1-2-25-15(23)7-8-17-16(24)18-10-14-20-19-13-6-5-11(21-22(13)14)12-4-3-9-26-12/h3-6,9H,2,7-8,10H2,1H3,(H2,17,18,24). The van der Waals surface area contributed by atoms with Crippen LogP contribution in [0.2, 0.25) is 0 Å². The number of carbonyl (C=O) groups is 2. The van der Waals surface area contributed by atoms with Gasteiger partial charge in [-0.1, -0.05) is 6.07 Å². The van der Waals surface area contributed by atoms with Gasteiger partial charge in [-0.2, -0.15) is 9.61 Å². The Bertz CT molecular complexity index is 893. The molecule has 0 aliphatic carbocycles. The van der Waals surface area contributed by atoms with E-state index in [1.165, 1.54) is 0 Å². The summed E-state index contributed by atoms with van der Waals surface area (Å²) in [5.74, 6) is 0.167. The van der Waals surface area contributed by atoms with Crippen LogP contribution in [0.15, 0.2) is 29.6 Å². The first-order chi connectivity index (χ1) is 12.7. The number of amides is 2. The summed E-state index contributed by atoms with van der Waals surface area (Å²) in [5, 5.41) is 19.9. The van der Waals surface area contributed by atoms with Crippen molar-refractivity contribution in [1.29, 1.82) is 0 Å². The van der Waals surface area contributed by atoms with Crippen LogP contribution >= 0.6 is 11.3 Å². The third-order valence-corrected chi connectivity index (χ3v) is 4.32. The van der Waals surface area contributed by atoms with Crippen LogP contribution in [0.5, 0.6) is 0 Å². The minimum Gasteiger partial charge on any atom is -0.466 e. The van der Waals surface area contributed by atoms with E-state index < -0.39 is 6.03 Å². The van der Waals surface area contributed by atoms with E-state index in [-0.39, 0.29) is 25.5 Å². The van der Waals surface area contributed by atoms with E-state index in [0.29, 0.717) is 18.1 Å². The van der Waals surface area contributed by atoms with Gasteiger partial charge in [-0.3, -0.25) is 4.79 Å². The molecular formula is C16H18N6O3S. The highest BCUT2D eigenvalue weighted by atomic mass is 32.1. The number of ether oxygens (including phenoxy) is 1. The lowest BCUT2D eigenvalue weighted by atomic mass is 10.3. The van der Waals surface area contributed by atoms with E-state index in [2.05, 4.69) is 25.9 Å². The van der Waals surface area contributed by atoms with Gasteiger partial charge >= 0.3 is 12.0 Å². The van der Waals surface area contributed by atoms with E-state index >= 15 is 0 Å². The quantitative estimate of drug-likeness (QED) is 0.608. The maximum Gasteiger partial charge on any atom is 0.315 e. The molecule has 0 saturated heterocycles. The Balaban J connectivity index is 1.58. The van der Waals surface area contributed by atoms with Crippen molar-refractivity contribution >= 4 is 29.0 Å². The molecule has 26 heavy (non-hydrogen) atoms. The number of thiophene rings is 1. The number of esters is 1. The average molecular weight is 374 g/mol. The van der Waals surface area contributed by atoms with Crippen LogP contribution in [-0.2, 0) is 16.1 Å². The molecule has 2 amide bonds. The summed E-state index contributed by atoms with van der Waals surface area (Å²) in [4.78, 5) is 24.1. The maximum absolute atomic E-state index is 11.8. The van der Waals surface area contributed by atoms with Crippen LogP contribution in [-0.4, -0.2) is 45.0 Å². The Morgan fingerprint density at radius 1 is 1.23 bits per heavy atom. The number of urea groups is 1. The molecule has 136 valence electrons. The Morgan fingerprint density at radius 3 is 2.88 bits per heavy atom. The van der Waals surface area contributed by atoms with E-state index in [4.69, 9.17) is 4.74 Å². The largest absolute Gasteiger partial charge is 0.466 e. The zero-order valence-electron chi connectivity index (χ0n) is 14.1. The van der Waals surface area contributed by atoms with Crippen molar-refractivity contribution in [1.82, 2.24) is 30.4 Å². The lowest BCUT2D eigenvalue weighted by molar-refractivity contribution is -0.142. The summed E-state index contributed by atoms with van der Waals surface area (Å²) in [5.41, 5.74) is 1.41. The number of hydrogen-bond donors (Lipinski definition) is 2. The topological polar surface area (TPSA) is 111 Å². The third kappa shape index (κ3) is 4.33. The molecule has 0 aliphatic heterocycles. The molecule has 9 nitrogen and oxygen atoms in total. The van der Waals surface area contributed by atoms with Crippen LogP contribution in [0.4, 0.5) is 4.79 Å². The van der Waals surface area contributed by atoms with Crippen LogP contribution in [0.3, 0.4) is 0 Å². The first-order valence-corrected chi connectivity index (χ1v) is 8.98. The van der Waals surface area contributed by atoms with Gasteiger partial charge in [0.1, 0.15) is 5.69 Å². The number of nitrogens with one attached hydrogen (secondary N) is 2. The van der Waals surface area contributed by atoms with Crippen LogP contribution in [0.1, 0.15) is 19.2 Å². The number of carbonyl (C=O) groups excluding carboxylic acids is 2. The molecular weight excluding hydrogens is 356 g/mol. The molecule has 0 aromatic carbocycles. The van der Waals surface area contributed by atoms with Gasteiger partial charge < -0.3 is 15.4 Å². The molecule has 0 aliphatic rings. The summed E-state index contributed by atoms with van der Waals surface area (Å²) in [6.45, 7) is 2.42. The third-order valence-electron chi connectivity index (χ3n) is 3.43. The second kappa shape index (κ2) is 8.39. The van der Waals surface area contributed by atoms with Crippen molar-refractivity contribution in [2.45, 2.75) is 19.9 Å². The second-order valence-electron chi connectivity index (χ2n) is 5.25. The average Bonchev–Trinajstić information content (AvgIpc) is 3.29. The summed E-state index contributed by atoms with van der Waals surface area (Å²) in [7, 11) is 0. The normalized spacial score (nSPS) is 10.7. The molecule has 0 spiro atoms. The molecule has 3 aromatic heterocycles. The monoisotopic (exact) mass is 374 g/mol. The maximum atomic E-state index is 11.8. The Labute approximate surface area is 153 Å². The van der Waals surface area contributed by atoms with Gasteiger partial charge in [0.15, 0.2) is 11.5 Å². The summed E-state index contributed by atoms with van der Waals surface area (Å²) in [6, 6.07) is 7.26. The summed E-state index contributed by atoms with van der Waals surface area (Å²) >= 11 is 1.59. The van der Waals surface area contributed by atoms with E-state index in [9.17, 15) is 9.59 Å². The molecule has 3 aromatic rings. The zero-order chi connectivity index (χ0) is 18.4. The lowest BCUT2D eigenvalue weighted by Crippen LogP contribution is -2.36. The fraction of sp³-hybridized carbons (Fsp3) is 0.312. The number of rotatable bonds is 7. The second-order valence-corrected chi connectivity index (χ2v) is 6.19. The van der Waals surface area contributed by atoms with Crippen molar-refractivity contribution in [3.05, 3.63) is 35.5 Å². The number of nitrogens with zero attached hydrogens (tertiary/aromatic N) is 4. The fourth-order valence-corrected chi connectivity index (χ4v) is 2.92. The molecule has 0 bridgehead atoms. The van der Waals surface area contributed by atoms with Gasteiger partial charge in [0.2, 0.25) is 0 Å². The minimum absolute atomic E-state index is 0.126. The van der Waals surface area contributed by atoms with Gasteiger partial charge in [0, 0.05) is 6.54 Å². The van der Waals surface area contributed by atoms with Crippen molar-refractivity contribution in [2.75, 3.05) is 13.2 Å².